The first kappa shape index (κ1) is 11.7. The Balaban J connectivity index is 2.31. The molecule has 0 fully saturated rings. The summed E-state index contributed by atoms with van der Waals surface area (Å²) in [5.74, 6) is 1.37. The number of aryl methyl sites for hydroxylation is 1. The highest BCUT2D eigenvalue weighted by atomic mass is 35.5. The molecule has 0 bridgehead atoms. The number of hydrogen-bond donors (Lipinski definition) is 0. The normalized spacial score (nSPS) is 10.7. The second-order valence-corrected chi connectivity index (χ2v) is 4.26. The van der Waals surface area contributed by atoms with E-state index in [2.05, 4.69) is 10.2 Å². The van der Waals surface area contributed by atoms with Gasteiger partial charge < -0.3 is 4.42 Å². The van der Waals surface area contributed by atoms with Crippen LogP contribution in [0.1, 0.15) is 5.89 Å². The number of aromatic nitrogens is 2. The Morgan fingerprint density at radius 2 is 1.94 bits per heavy atom. The van der Waals surface area contributed by atoms with Gasteiger partial charge in [0.15, 0.2) is 0 Å². The van der Waals surface area contributed by atoms with E-state index in [1.54, 1.807) is 18.2 Å². The van der Waals surface area contributed by atoms with E-state index in [0.717, 1.165) is 5.56 Å². The molecule has 0 spiro atoms. The summed E-state index contributed by atoms with van der Waals surface area (Å²) >= 11 is 17.3. The summed E-state index contributed by atoms with van der Waals surface area (Å²) in [5, 5.41) is 8.70. The lowest BCUT2D eigenvalue weighted by Gasteiger charge is -1.97. The Morgan fingerprint density at radius 1 is 1.12 bits per heavy atom. The van der Waals surface area contributed by atoms with Crippen molar-refractivity contribution in [2.45, 2.75) is 6.42 Å². The third kappa shape index (κ3) is 2.48. The third-order valence-electron chi connectivity index (χ3n) is 1.94. The van der Waals surface area contributed by atoms with Gasteiger partial charge in [0.2, 0.25) is 11.8 Å². The van der Waals surface area contributed by atoms with Crippen molar-refractivity contribution in [3.05, 3.63) is 34.1 Å². The lowest BCUT2D eigenvalue weighted by molar-refractivity contribution is 0.513. The fourth-order valence-corrected chi connectivity index (χ4v) is 1.64. The van der Waals surface area contributed by atoms with E-state index >= 15 is 0 Å². The van der Waals surface area contributed by atoms with Crippen LogP contribution in [0.2, 0.25) is 10.0 Å². The number of halogens is 3. The molecule has 0 saturated heterocycles. The fraction of sp³-hybridized carbons (Fsp3) is 0.200. The van der Waals surface area contributed by atoms with E-state index < -0.39 is 0 Å². The smallest absolute Gasteiger partial charge is 0.247 e. The van der Waals surface area contributed by atoms with Gasteiger partial charge in [-0.05, 0) is 18.2 Å². The summed E-state index contributed by atoms with van der Waals surface area (Å²) in [5.41, 5.74) is 0.739. The summed E-state index contributed by atoms with van der Waals surface area (Å²) in [6.45, 7) is 0. The molecule has 0 aliphatic heterocycles. The van der Waals surface area contributed by atoms with Gasteiger partial charge >= 0.3 is 0 Å². The van der Waals surface area contributed by atoms with Gasteiger partial charge in [-0.2, -0.15) is 0 Å². The Hall–Kier alpha value is -0.770. The molecule has 84 valence electrons. The van der Waals surface area contributed by atoms with Crippen LogP contribution in [0.3, 0.4) is 0 Å². The average molecular weight is 278 g/mol. The van der Waals surface area contributed by atoms with Crippen LogP contribution in [0.4, 0.5) is 0 Å². The first-order valence-electron chi connectivity index (χ1n) is 4.54. The molecule has 0 N–H and O–H groups in total. The summed E-state index contributed by atoms with van der Waals surface area (Å²) in [7, 11) is 0. The fourth-order valence-electron chi connectivity index (χ4n) is 1.18. The maximum Gasteiger partial charge on any atom is 0.247 e. The molecule has 3 nitrogen and oxygen atoms in total. The standard InChI is InChI=1S/C10H7Cl3N2O/c11-4-3-9-14-15-10(16-9)6-1-2-7(12)8(13)5-6/h1-2,5H,3-4H2. The van der Waals surface area contributed by atoms with Gasteiger partial charge in [0.1, 0.15) is 0 Å². The Kier molecular flexibility index (Phi) is 3.69. The van der Waals surface area contributed by atoms with Gasteiger partial charge in [-0.15, -0.1) is 21.8 Å². The van der Waals surface area contributed by atoms with Gasteiger partial charge in [0, 0.05) is 17.9 Å². The summed E-state index contributed by atoms with van der Waals surface area (Å²) in [6.07, 6.45) is 0.551. The minimum atomic E-state index is 0.415. The molecule has 2 aromatic rings. The van der Waals surface area contributed by atoms with Crippen LogP contribution in [0.5, 0.6) is 0 Å². The van der Waals surface area contributed by atoms with Crippen LogP contribution < -0.4 is 0 Å². The zero-order valence-electron chi connectivity index (χ0n) is 8.08. The number of nitrogens with zero attached hydrogens (tertiary/aromatic N) is 2. The number of benzene rings is 1. The van der Waals surface area contributed by atoms with Crippen molar-refractivity contribution in [2.24, 2.45) is 0 Å². The van der Waals surface area contributed by atoms with E-state index in [9.17, 15) is 0 Å². The maximum atomic E-state index is 5.89. The van der Waals surface area contributed by atoms with Crippen molar-refractivity contribution in [1.82, 2.24) is 10.2 Å². The Labute approximate surface area is 107 Å². The minimum Gasteiger partial charge on any atom is -0.421 e. The van der Waals surface area contributed by atoms with Crippen LogP contribution in [0, 0.1) is 0 Å². The molecule has 6 heteroatoms. The highest BCUT2D eigenvalue weighted by Crippen LogP contribution is 2.27. The van der Waals surface area contributed by atoms with E-state index in [0.29, 0.717) is 34.1 Å². The van der Waals surface area contributed by atoms with Crippen molar-refractivity contribution in [1.29, 1.82) is 0 Å². The van der Waals surface area contributed by atoms with E-state index in [4.69, 9.17) is 39.2 Å². The first-order chi connectivity index (χ1) is 7.70. The molecule has 0 saturated carbocycles. The lowest BCUT2D eigenvalue weighted by atomic mass is 10.2. The molecule has 1 heterocycles. The van der Waals surface area contributed by atoms with Crippen molar-refractivity contribution < 1.29 is 4.42 Å². The molecular weight excluding hydrogens is 270 g/mol. The van der Waals surface area contributed by atoms with Gasteiger partial charge in [0.05, 0.1) is 10.0 Å². The number of rotatable bonds is 3. The van der Waals surface area contributed by atoms with Crippen molar-refractivity contribution in [2.75, 3.05) is 5.88 Å². The van der Waals surface area contributed by atoms with Crippen LogP contribution in [0.25, 0.3) is 11.5 Å². The van der Waals surface area contributed by atoms with Crippen LogP contribution in [-0.4, -0.2) is 16.1 Å². The molecular formula is C10H7Cl3N2O. The van der Waals surface area contributed by atoms with E-state index in [1.165, 1.54) is 0 Å². The maximum absolute atomic E-state index is 5.89. The quantitative estimate of drug-likeness (QED) is 0.801. The predicted molar refractivity (Wildman–Crippen MR) is 64.2 cm³/mol. The third-order valence-corrected chi connectivity index (χ3v) is 2.87. The lowest BCUT2D eigenvalue weighted by Crippen LogP contribution is -1.84. The molecule has 16 heavy (non-hydrogen) atoms. The molecule has 0 amide bonds. The number of hydrogen-bond acceptors (Lipinski definition) is 3. The highest BCUT2D eigenvalue weighted by molar-refractivity contribution is 6.42. The Bertz CT molecular complexity index is 499. The van der Waals surface area contributed by atoms with Crippen LogP contribution in [-0.2, 0) is 6.42 Å². The monoisotopic (exact) mass is 276 g/mol. The summed E-state index contributed by atoms with van der Waals surface area (Å²) in [4.78, 5) is 0. The predicted octanol–water partition coefficient (Wildman–Crippen LogP) is 3.82. The highest BCUT2D eigenvalue weighted by Gasteiger charge is 2.09. The van der Waals surface area contributed by atoms with Crippen molar-refractivity contribution >= 4 is 34.8 Å². The van der Waals surface area contributed by atoms with Crippen LogP contribution in [0.15, 0.2) is 22.6 Å². The second-order valence-electron chi connectivity index (χ2n) is 3.07. The largest absolute Gasteiger partial charge is 0.421 e. The summed E-state index contributed by atoms with van der Waals surface area (Å²) in [6, 6.07) is 5.14. The van der Waals surface area contributed by atoms with Crippen LogP contribution >= 0.6 is 34.8 Å². The first-order valence-corrected chi connectivity index (χ1v) is 5.83. The minimum absolute atomic E-state index is 0.415. The number of alkyl halides is 1. The van der Waals surface area contributed by atoms with E-state index in [1.807, 2.05) is 0 Å². The molecule has 0 aliphatic rings. The molecule has 0 radical (unpaired) electrons. The van der Waals surface area contributed by atoms with Gasteiger partial charge in [0.25, 0.3) is 0 Å². The SMILES string of the molecule is ClCCc1nnc(-c2ccc(Cl)c(Cl)c2)o1. The summed E-state index contributed by atoms with van der Waals surface area (Å²) < 4.78 is 5.40. The van der Waals surface area contributed by atoms with Crippen molar-refractivity contribution in [3.8, 4) is 11.5 Å². The molecule has 0 aliphatic carbocycles. The zero-order chi connectivity index (χ0) is 11.5. The van der Waals surface area contributed by atoms with Gasteiger partial charge in [-0.25, -0.2) is 0 Å². The molecule has 2 rings (SSSR count). The molecule has 1 aromatic carbocycles. The average Bonchev–Trinajstić information content (AvgIpc) is 2.71. The molecule has 0 unspecified atom stereocenters. The molecule has 1 aromatic heterocycles. The van der Waals surface area contributed by atoms with Crippen molar-refractivity contribution in [3.63, 3.8) is 0 Å². The Morgan fingerprint density at radius 3 is 2.62 bits per heavy atom. The van der Waals surface area contributed by atoms with E-state index in [-0.39, 0.29) is 0 Å². The topological polar surface area (TPSA) is 38.9 Å². The zero-order valence-corrected chi connectivity index (χ0v) is 10.4. The second kappa shape index (κ2) is 5.04. The van der Waals surface area contributed by atoms with Gasteiger partial charge in [-0.3, -0.25) is 0 Å². The van der Waals surface area contributed by atoms with Gasteiger partial charge in [-0.1, -0.05) is 23.2 Å². The molecule has 0 atom stereocenters.